The van der Waals surface area contributed by atoms with Gasteiger partial charge in [0, 0.05) is 49.4 Å². The first kappa shape index (κ1) is 29.5. The van der Waals surface area contributed by atoms with Crippen molar-refractivity contribution in [1.29, 1.82) is 0 Å². The first-order valence-corrected chi connectivity index (χ1v) is 14.8. The molecule has 0 radical (unpaired) electrons. The lowest BCUT2D eigenvalue weighted by Crippen LogP contribution is -2.72. The van der Waals surface area contributed by atoms with Crippen LogP contribution >= 0.6 is 0 Å². The number of carbonyl (C=O) groups is 3. The Morgan fingerprint density at radius 2 is 1.82 bits per heavy atom. The van der Waals surface area contributed by atoms with Crippen LogP contribution < -0.4 is 0 Å². The van der Waals surface area contributed by atoms with Gasteiger partial charge in [-0.3, -0.25) is 14.4 Å². The van der Waals surface area contributed by atoms with Gasteiger partial charge in [-0.15, -0.1) is 0 Å². The third-order valence-corrected chi connectivity index (χ3v) is 12.0. The fourth-order valence-electron chi connectivity index (χ4n) is 9.56. The topological polar surface area (TPSA) is 119 Å². The van der Waals surface area contributed by atoms with Crippen LogP contribution in [0.1, 0.15) is 87.5 Å². The Kier molecular flexibility index (Phi) is 6.80. The minimum absolute atomic E-state index is 0.00853. The molecule has 1 aliphatic heterocycles. The standard InChI is InChI=1S/C32H46O8/c1-17-25(16-31(8,28(4,5)37)39-19(3)34)40-32(17)26(36)15-23-27-22(10-12-30(23,32)7)29(6)11-9-21(35)13-20(29)14-24(27)38-18(2)33/h9,11,13,17,22-27,36-37H,10,12,14-16H2,1-8H3. The molecule has 0 bridgehead atoms. The molecule has 0 aromatic carbocycles. The molecule has 11 unspecified atom stereocenters. The molecule has 5 rings (SSSR count). The van der Waals surface area contributed by atoms with Gasteiger partial charge in [0.05, 0.1) is 17.8 Å². The Balaban J connectivity index is 1.47. The number of hydrogen-bond donors (Lipinski definition) is 2. The van der Waals surface area contributed by atoms with Gasteiger partial charge in [0.15, 0.2) is 5.78 Å². The zero-order valence-corrected chi connectivity index (χ0v) is 25.2. The summed E-state index contributed by atoms with van der Waals surface area (Å²) in [5.41, 5.74) is -2.90. The van der Waals surface area contributed by atoms with Crippen molar-refractivity contribution >= 4 is 17.7 Å². The molecule has 4 aliphatic carbocycles. The van der Waals surface area contributed by atoms with E-state index in [0.717, 1.165) is 18.4 Å². The number of ether oxygens (including phenoxy) is 3. The average molecular weight is 559 g/mol. The molecule has 8 heteroatoms. The number of ketones is 1. The van der Waals surface area contributed by atoms with Crippen LogP contribution in [0.3, 0.4) is 0 Å². The first-order valence-electron chi connectivity index (χ1n) is 14.8. The van der Waals surface area contributed by atoms with Crippen LogP contribution in [0.15, 0.2) is 23.8 Å². The van der Waals surface area contributed by atoms with Crippen LogP contribution in [0.25, 0.3) is 0 Å². The van der Waals surface area contributed by atoms with E-state index in [1.165, 1.54) is 13.8 Å². The van der Waals surface area contributed by atoms with Gasteiger partial charge in [-0.25, -0.2) is 0 Å². The Bertz CT molecular complexity index is 1170. The van der Waals surface area contributed by atoms with Crippen molar-refractivity contribution in [3.63, 3.8) is 0 Å². The van der Waals surface area contributed by atoms with E-state index in [1.54, 1.807) is 32.9 Å². The van der Waals surface area contributed by atoms with Gasteiger partial charge in [-0.2, -0.15) is 0 Å². The third kappa shape index (κ3) is 3.99. The Labute approximate surface area is 237 Å². The highest BCUT2D eigenvalue weighted by atomic mass is 16.6. The van der Waals surface area contributed by atoms with Crippen LogP contribution in [0.5, 0.6) is 0 Å². The van der Waals surface area contributed by atoms with E-state index < -0.39 is 28.9 Å². The molecule has 0 aromatic rings. The minimum atomic E-state index is -1.29. The van der Waals surface area contributed by atoms with E-state index in [9.17, 15) is 24.6 Å². The summed E-state index contributed by atoms with van der Waals surface area (Å²) in [5, 5.41) is 22.6. The number of fused-ring (bicyclic) bond motifs is 6. The van der Waals surface area contributed by atoms with Crippen molar-refractivity contribution in [1.82, 2.24) is 0 Å². The molecule has 40 heavy (non-hydrogen) atoms. The molecule has 0 aromatic heterocycles. The predicted molar refractivity (Wildman–Crippen MR) is 147 cm³/mol. The summed E-state index contributed by atoms with van der Waals surface area (Å²) in [4.78, 5) is 36.5. The molecular weight excluding hydrogens is 512 g/mol. The second-order valence-corrected chi connectivity index (χ2v) is 14.4. The van der Waals surface area contributed by atoms with Crippen molar-refractivity contribution in [2.45, 2.75) is 123 Å². The van der Waals surface area contributed by atoms with E-state index >= 15 is 0 Å². The van der Waals surface area contributed by atoms with Gasteiger partial charge in [0.2, 0.25) is 0 Å². The van der Waals surface area contributed by atoms with Gasteiger partial charge < -0.3 is 24.4 Å². The summed E-state index contributed by atoms with van der Waals surface area (Å²) in [6.45, 7) is 14.3. The molecule has 222 valence electrons. The maximum absolute atomic E-state index is 12.3. The lowest BCUT2D eigenvalue weighted by Gasteiger charge is -2.66. The maximum atomic E-state index is 12.3. The second kappa shape index (κ2) is 9.23. The predicted octanol–water partition coefficient (Wildman–Crippen LogP) is 4.06. The van der Waals surface area contributed by atoms with Gasteiger partial charge >= 0.3 is 11.9 Å². The molecule has 8 nitrogen and oxygen atoms in total. The number of aliphatic hydroxyl groups excluding tert-OH is 1. The molecule has 5 aliphatic rings. The van der Waals surface area contributed by atoms with Crippen LogP contribution in [0.4, 0.5) is 0 Å². The smallest absolute Gasteiger partial charge is 0.303 e. The number of rotatable bonds is 5. The van der Waals surface area contributed by atoms with E-state index in [2.05, 4.69) is 20.8 Å². The summed E-state index contributed by atoms with van der Waals surface area (Å²) >= 11 is 0. The van der Waals surface area contributed by atoms with Crippen molar-refractivity contribution < 1.29 is 38.8 Å². The third-order valence-electron chi connectivity index (χ3n) is 12.0. The van der Waals surface area contributed by atoms with Crippen LogP contribution in [0.2, 0.25) is 0 Å². The van der Waals surface area contributed by atoms with Crippen LogP contribution in [0, 0.1) is 34.5 Å². The van der Waals surface area contributed by atoms with E-state index in [0.29, 0.717) is 19.3 Å². The van der Waals surface area contributed by atoms with Crippen molar-refractivity contribution in [2.75, 3.05) is 0 Å². The van der Waals surface area contributed by atoms with Gasteiger partial charge in [0.1, 0.15) is 17.3 Å². The largest absolute Gasteiger partial charge is 0.462 e. The fourth-order valence-corrected chi connectivity index (χ4v) is 9.56. The van der Waals surface area contributed by atoms with E-state index in [4.69, 9.17) is 14.2 Å². The minimum Gasteiger partial charge on any atom is -0.462 e. The van der Waals surface area contributed by atoms with E-state index in [1.807, 2.05) is 6.08 Å². The molecule has 3 saturated carbocycles. The second-order valence-electron chi connectivity index (χ2n) is 14.4. The Morgan fingerprint density at radius 1 is 1.15 bits per heavy atom. The molecule has 1 heterocycles. The summed E-state index contributed by atoms with van der Waals surface area (Å²) in [6.07, 6.45) is 7.07. The highest BCUT2D eigenvalue weighted by molar-refractivity contribution is 6.01. The number of esters is 2. The van der Waals surface area contributed by atoms with Gasteiger partial charge in [0.25, 0.3) is 0 Å². The normalized spacial score (nSPS) is 45.4. The monoisotopic (exact) mass is 558 g/mol. The highest BCUT2D eigenvalue weighted by Gasteiger charge is 2.76. The Morgan fingerprint density at radius 3 is 2.40 bits per heavy atom. The molecule has 4 fully saturated rings. The molecule has 2 N–H and O–H groups in total. The lowest BCUT2D eigenvalue weighted by molar-refractivity contribution is -0.344. The van der Waals surface area contributed by atoms with Crippen LogP contribution in [-0.4, -0.2) is 63.0 Å². The fraction of sp³-hybridized carbons (Fsp3) is 0.781. The zero-order valence-electron chi connectivity index (χ0n) is 25.2. The first-order chi connectivity index (χ1) is 18.4. The van der Waals surface area contributed by atoms with E-state index in [-0.39, 0.29) is 58.5 Å². The highest BCUT2D eigenvalue weighted by Crippen LogP contribution is 2.72. The van der Waals surface area contributed by atoms with Gasteiger partial charge in [-0.05, 0) is 64.0 Å². The summed E-state index contributed by atoms with van der Waals surface area (Å²) < 4.78 is 18.4. The molecule has 0 amide bonds. The summed E-state index contributed by atoms with van der Waals surface area (Å²) in [5.74, 6) is -0.669. The number of hydrogen-bond acceptors (Lipinski definition) is 8. The maximum Gasteiger partial charge on any atom is 0.303 e. The quantitative estimate of drug-likeness (QED) is 0.485. The zero-order chi connectivity index (χ0) is 29.6. The molecular formula is C32H46O8. The number of aliphatic hydroxyl groups is 2. The lowest BCUT2D eigenvalue weighted by atomic mass is 9.45. The van der Waals surface area contributed by atoms with Crippen molar-refractivity contribution in [3.8, 4) is 0 Å². The number of carbonyl (C=O) groups excluding carboxylic acids is 3. The Hall–Kier alpha value is -2.03. The van der Waals surface area contributed by atoms with Crippen molar-refractivity contribution in [3.05, 3.63) is 23.8 Å². The molecule has 1 saturated heterocycles. The summed E-state index contributed by atoms with van der Waals surface area (Å²) in [6, 6.07) is 0. The SMILES string of the molecule is CC(=O)OC1CC2=CC(=O)C=CC2(C)C2CCC3(C)C(CC(O)C34OC(CC(C)(OC(C)=O)C(C)(C)O)C4C)C12. The summed E-state index contributed by atoms with van der Waals surface area (Å²) in [7, 11) is 0. The average Bonchev–Trinajstić information content (AvgIpc) is 3.06. The molecule has 1 spiro atoms. The molecule has 11 atom stereocenters. The van der Waals surface area contributed by atoms with Gasteiger partial charge in [-0.1, -0.05) is 32.4 Å². The van der Waals surface area contributed by atoms with Crippen LogP contribution in [-0.2, 0) is 28.6 Å². The number of allylic oxidation sites excluding steroid dienone is 3. The van der Waals surface area contributed by atoms with Crippen molar-refractivity contribution in [2.24, 2.45) is 34.5 Å².